The number of likely N-dealkylation sites (N-methyl/N-ethyl adjacent to an activating group) is 1. The molecule has 4 rings (SSSR count). The van der Waals surface area contributed by atoms with Crippen LogP contribution in [-0.2, 0) is 11.4 Å². The lowest BCUT2D eigenvalue weighted by atomic mass is 10.0. The van der Waals surface area contributed by atoms with Crippen molar-refractivity contribution in [2.24, 2.45) is 0 Å². The largest absolute Gasteiger partial charge is 0.490 e. The number of fused-ring (bicyclic) bond motifs is 1. The summed E-state index contributed by atoms with van der Waals surface area (Å²) >= 11 is 0. The van der Waals surface area contributed by atoms with Crippen LogP contribution < -0.4 is 14.4 Å². The van der Waals surface area contributed by atoms with Crippen LogP contribution in [0.5, 0.6) is 11.5 Å². The smallest absolute Gasteiger partial charge is 0.258 e. The molecule has 5 heteroatoms. The van der Waals surface area contributed by atoms with E-state index in [4.69, 9.17) is 9.47 Å². The first-order chi connectivity index (χ1) is 15.1. The van der Waals surface area contributed by atoms with Crippen LogP contribution in [0.1, 0.15) is 30.5 Å². The van der Waals surface area contributed by atoms with E-state index in [1.807, 2.05) is 62.4 Å². The second-order valence-electron chi connectivity index (χ2n) is 7.18. The average molecular weight is 417 g/mol. The topological polar surface area (TPSA) is 38.8 Å². The number of ether oxygens (including phenoxy) is 2. The molecule has 0 aliphatic carbocycles. The third-order valence-electron chi connectivity index (χ3n) is 5.16. The minimum absolute atomic E-state index is 0.00158. The van der Waals surface area contributed by atoms with Crippen molar-refractivity contribution in [1.29, 1.82) is 0 Å². The zero-order valence-electron chi connectivity index (χ0n) is 17.6. The molecule has 0 fully saturated rings. The van der Waals surface area contributed by atoms with Crippen LogP contribution >= 0.6 is 0 Å². The molecule has 0 unspecified atom stereocenters. The molecular weight excluding hydrogens is 393 g/mol. The molecule has 0 saturated carbocycles. The fourth-order valence-corrected chi connectivity index (χ4v) is 3.67. The van der Waals surface area contributed by atoms with Gasteiger partial charge in [0.15, 0.2) is 11.5 Å². The fraction of sp³-hybridized carbons (Fsp3) is 0.192. The zero-order valence-corrected chi connectivity index (χ0v) is 17.6. The van der Waals surface area contributed by atoms with Crippen molar-refractivity contribution in [1.82, 2.24) is 0 Å². The highest BCUT2D eigenvalue weighted by Gasteiger charge is 2.30. The van der Waals surface area contributed by atoms with Crippen molar-refractivity contribution in [2.75, 3.05) is 18.1 Å². The summed E-state index contributed by atoms with van der Waals surface area (Å²) in [6.45, 7) is 5.28. The normalized spacial score (nSPS) is 14.1. The van der Waals surface area contributed by atoms with E-state index in [1.54, 1.807) is 17.0 Å². The van der Waals surface area contributed by atoms with Gasteiger partial charge >= 0.3 is 0 Å². The number of para-hydroxylation sites is 1. The van der Waals surface area contributed by atoms with Crippen LogP contribution in [0.3, 0.4) is 0 Å². The summed E-state index contributed by atoms with van der Waals surface area (Å²) in [5.74, 6) is 0.922. The molecule has 0 radical (unpaired) electrons. The van der Waals surface area contributed by atoms with Crippen LogP contribution in [-0.4, -0.2) is 19.1 Å². The molecule has 0 atom stereocenters. The maximum absolute atomic E-state index is 13.1. The minimum Gasteiger partial charge on any atom is -0.490 e. The van der Waals surface area contributed by atoms with Crippen LogP contribution in [0.2, 0.25) is 0 Å². The van der Waals surface area contributed by atoms with Crippen molar-refractivity contribution >= 4 is 23.2 Å². The summed E-state index contributed by atoms with van der Waals surface area (Å²) in [7, 11) is 0. The lowest BCUT2D eigenvalue weighted by Crippen LogP contribution is -2.25. The Morgan fingerprint density at radius 2 is 1.71 bits per heavy atom. The lowest BCUT2D eigenvalue weighted by molar-refractivity contribution is -0.112. The van der Waals surface area contributed by atoms with Gasteiger partial charge in [0, 0.05) is 17.7 Å². The van der Waals surface area contributed by atoms with Gasteiger partial charge in [0.05, 0.1) is 12.3 Å². The Morgan fingerprint density at radius 3 is 2.45 bits per heavy atom. The van der Waals surface area contributed by atoms with E-state index in [1.165, 1.54) is 12.1 Å². The SMILES string of the molecule is CCOc1cc(/C=C2\C(=O)N(CC)c3ccccc32)ccc1OCc1ccc(F)cc1. The summed E-state index contributed by atoms with van der Waals surface area (Å²) in [5.41, 5.74) is 4.26. The number of hydrogen-bond acceptors (Lipinski definition) is 3. The molecule has 0 saturated heterocycles. The maximum atomic E-state index is 13.1. The van der Waals surface area contributed by atoms with Gasteiger partial charge in [-0.2, -0.15) is 0 Å². The fourth-order valence-electron chi connectivity index (χ4n) is 3.67. The Hall–Kier alpha value is -3.60. The summed E-state index contributed by atoms with van der Waals surface area (Å²) < 4.78 is 24.8. The number of amides is 1. The summed E-state index contributed by atoms with van der Waals surface area (Å²) in [4.78, 5) is 14.7. The van der Waals surface area contributed by atoms with E-state index in [0.29, 0.717) is 36.8 Å². The van der Waals surface area contributed by atoms with Crippen LogP contribution in [0, 0.1) is 5.82 Å². The number of benzene rings is 3. The molecule has 0 N–H and O–H groups in total. The van der Waals surface area contributed by atoms with Crippen LogP contribution in [0.25, 0.3) is 11.6 Å². The standard InChI is InChI=1S/C26H24FNO3/c1-3-28-23-8-6-5-7-21(23)22(26(28)29)15-19-11-14-24(25(16-19)30-4-2)31-17-18-9-12-20(27)13-10-18/h5-16H,3-4,17H2,1-2H3/b22-15-. The molecule has 1 aliphatic rings. The number of hydrogen-bond donors (Lipinski definition) is 0. The van der Waals surface area contributed by atoms with E-state index >= 15 is 0 Å². The van der Waals surface area contributed by atoms with Gasteiger partial charge in [0.25, 0.3) is 5.91 Å². The molecular formula is C26H24FNO3. The molecule has 0 aromatic heterocycles. The molecule has 4 nitrogen and oxygen atoms in total. The average Bonchev–Trinajstić information content (AvgIpc) is 3.05. The summed E-state index contributed by atoms with van der Waals surface area (Å²) in [5, 5.41) is 0. The molecule has 1 amide bonds. The molecule has 0 bridgehead atoms. The number of anilines is 1. The Morgan fingerprint density at radius 1 is 0.935 bits per heavy atom. The predicted molar refractivity (Wildman–Crippen MR) is 121 cm³/mol. The Balaban J connectivity index is 1.62. The molecule has 1 heterocycles. The van der Waals surface area contributed by atoms with Gasteiger partial charge in [-0.05, 0) is 61.4 Å². The monoisotopic (exact) mass is 417 g/mol. The van der Waals surface area contributed by atoms with Gasteiger partial charge in [-0.1, -0.05) is 36.4 Å². The predicted octanol–water partition coefficient (Wildman–Crippen LogP) is 5.71. The first-order valence-corrected chi connectivity index (χ1v) is 10.4. The highest BCUT2D eigenvalue weighted by atomic mass is 19.1. The van der Waals surface area contributed by atoms with Gasteiger partial charge in [-0.3, -0.25) is 4.79 Å². The summed E-state index contributed by atoms with van der Waals surface area (Å²) in [6, 6.07) is 19.6. The van der Waals surface area contributed by atoms with Gasteiger partial charge in [0.2, 0.25) is 0 Å². The van der Waals surface area contributed by atoms with Gasteiger partial charge in [0.1, 0.15) is 12.4 Å². The van der Waals surface area contributed by atoms with E-state index in [-0.39, 0.29) is 11.7 Å². The van der Waals surface area contributed by atoms with E-state index in [9.17, 15) is 9.18 Å². The van der Waals surface area contributed by atoms with Crippen molar-refractivity contribution < 1.29 is 18.7 Å². The second kappa shape index (κ2) is 9.04. The van der Waals surface area contributed by atoms with Gasteiger partial charge in [-0.15, -0.1) is 0 Å². The van der Waals surface area contributed by atoms with Crippen molar-refractivity contribution in [3.8, 4) is 11.5 Å². The quantitative estimate of drug-likeness (QED) is 0.462. The maximum Gasteiger partial charge on any atom is 0.258 e. The van der Waals surface area contributed by atoms with E-state index in [0.717, 1.165) is 22.4 Å². The molecule has 158 valence electrons. The minimum atomic E-state index is -0.277. The van der Waals surface area contributed by atoms with Crippen molar-refractivity contribution in [3.63, 3.8) is 0 Å². The van der Waals surface area contributed by atoms with Crippen molar-refractivity contribution in [3.05, 3.63) is 89.2 Å². The van der Waals surface area contributed by atoms with Gasteiger partial charge < -0.3 is 14.4 Å². The van der Waals surface area contributed by atoms with Crippen LogP contribution in [0.15, 0.2) is 66.7 Å². The highest BCUT2D eigenvalue weighted by molar-refractivity contribution is 6.35. The van der Waals surface area contributed by atoms with Crippen molar-refractivity contribution in [2.45, 2.75) is 20.5 Å². The molecule has 3 aromatic rings. The first-order valence-electron chi connectivity index (χ1n) is 10.4. The lowest BCUT2D eigenvalue weighted by Gasteiger charge is -2.14. The molecule has 1 aliphatic heterocycles. The molecule has 3 aromatic carbocycles. The number of carbonyl (C=O) groups is 1. The Bertz CT molecular complexity index is 1120. The Kier molecular flexibility index (Phi) is 6.03. The first kappa shape index (κ1) is 20.7. The van der Waals surface area contributed by atoms with E-state index < -0.39 is 0 Å². The Labute approximate surface area is 181 Å². The molecule has 0 spiro atoms. The second-order valence-corrected chi connectivity index (χ2v) is 7.18. The number of nitrogens with zero attached hydrogens (tertiary/aromatic N) is 1. The third-order valence-corrected chi connectivity index (χ3v) is 5.16. The molecule has 31 heavy (non-hydrogen) atoms. The number of rotatable bonds is 7. The summed E-state index contributed by atoms with van der Waals surface area (Å²) in [6.07, 6.45) is 1.89. The van der Waals surface area contributed by atoms with Crippen LogP contribution in [0.4, 0.5) is 10.1 Å². The van der Waals surface area contributed by atoms with Gasteiger partial charge in [-0.25, -0.2) is 4.39 Å². The van der Waals surface area contributed by atoms with E-state index in [2.05, 4.69) is 0 Å². The zero-order chi connectivity index (χ0) is 21.8. The number of carbonyl (C=O) groups excluding carboxylic acids is 1. The number of halogens is 1. The third kappa shape index (κ3) is 4.31. The highest BCUT2D eigenvalue weighted by Crippen LogP contribution is 2.38.